The van der Waals surface area contributed by atoms with Crippen LogP contribution in [0.4, 0.5) is 5.82 Å². The number of carbonyl (C=O) groups excluding carboxylic acids is 2. The lowest BCUT2D eigenvalue weighted by Gasteiger charge is -2.31. The molecule has 2 aromatic rings. The van der Waals surface area contributed by atoms with Crippen molar-refractivity contribution in [3.05, 3.63) is 47.1 Å². The SMILES string of the molecule is Cn1ccc(NC(=O)CN2CCC[C@H](C(=O)c3cccc(Cl)c3)C2)n1. The Kier molecular flexibility index (Phi) is 5.50. The second-order valence-electron chi connectivity index (χ2n) is 6.37. The van der Waals surface area contributed by atoms with Crippen molar-refractivity contribution in [2.45, 2.75) is 12.8 Å². The molecule has 1 N–H and O–H groups in total. The predicted octanol–water partition coefficient (Wildman–Crippen LogP) is 2.61. The van der Waals surface area contributed by atoms with Crippen LogP contribution in [-0.4, -0.2) is 46.0 Å². The van der Waals surface area contributed by atoms with Crippen LogP contribution < -0.4 is 5.32 Å². The molecule has 25 heavy (non-hydrogen) atoms. The van der Waals surface area contributed by atoms with Crippen LogP contribution in [0.3, 0.4) is 0 Å². The Balaban J connectivity index is 1.57. The van der Waals surface area contributed by atoms with Gasteiger partial charge in [-0.1, -0.05) is 23.7 Å². The summed E-state index contributed by atoms with van der Waals surface area (Å²) < 4.78 is 1.64. The predicted molar refractivity (Wildman–Crippen MR) is 96.8 cm³/mol. The van der Waals surface area contributed by atoms with Crippen molar-refractivity contribution < 1.29 is 9.59 Å². The molecule has 6 nitrogen and oxygen atoms in total. The van der Waals surface area contributed by atoms with E-state index in [9.17, 15) is 9.59 Å². The van der Waals surface area contributed by atoms with Crippen molar-refractivity contribution in [3.8, 4) is 0 Å². The fourth-order valence-corrected chi connectivity index (χ4v) is 3.35. The summed E-state index contributed by atoms with van der Waals surface area (Å²) in [7, 11) is 1.80. The highest BCUT2D eigenvalue weighted by Gasteiger charge is 2.27. The molecule has 7 heteroatoms. The van der Waals surface area contributed by atoms with Gasteiger partial charge in [-0.2, -0.15) is 5.10 Å². The molecule has 1 amide bonds. The number of aryl methyl sites for hydroxylation is 1. The Morgan fingerprint density at radius 3 is 2.92 bits per heavy atom. The Labute approximate surface area is 151 Å². The summed E-state index contributed by atoms with van der Waals surface area (Å²) in [5, 5.41) is 7.48. The minimum absolute atomic E-state index is 0.0948. The maximum Gasteiger partial charge on any atom is 0.239 e. The molecule has 1 saturated heterocycles. The molecule has 1 aromatic carbocycles. The quantitative estimate of drug-likeness (QED) is 0.832. The van der Waals surface area contributed by atoms with Gasteiger partial charge in [-0.25, -0.2) is 0 Å². The van der Waals surface area contributed by atoms with Gasteiger partial charge < -0.3 is 5.32 Å². The number of nitrogens with one attached hydrogen (secondary N) is 1. The molecule has 0 spiro atoms. The Hall–Kier alpha value is -2.18. The van der Waals surface area contributed by atoms with Gasteiger partial charge in [0.05, 0.1) is 6.54 Å². The van der Waals surface area contributed by atoms with Gasteiger partial charge in [0.1, 0.15) is 0 Å². The van der Waals surface area contributed by atoms with Gasteiger partial charge in [-0.05, 0) is 31.5 Å². The van der Waals surface area contributed by atoms with Gasteiger partial charge in [0.25, 0.3) is 0 Å². The number of benzene rings is 1. The number of aromatic nitrogens is 2. The number of piperidine rings is 1. The molecule has 1 fully saturated rings. The van der Waals surface area contributed by atoms with Crippen molar-refractivity contribution in [1.29, 1.82) is 0 Å². The van der Waals surface area contributed by atoms with Crippen LogP contribution in [0.1, 0.15) is 23.2 Å². The highest BCUT2D eigenvalue weighted by molar-refractivity contribution is 6.31. The molecule has 2 heterocycles. The highest BCUT2D eigenvalue weighted by atomic mass is 35.5. The second-order valence-corrected chi connectivity index (χ2v) is 6.81. The van der Waals surface area contributed by atoms with E-state index in [4.69, 9.17) is 11.6 Å². The summed E-state index contributed by atoms with van der Waals surface area (Å²) in [6.45, 7) is 1.66. The average Bonchev–Trinajstić information content (AvgIpc) is 2.99. The summed E-state index contributed by atoms with van der Waals surface area (Å²) in [5.74, 6) is 0.415. The molecular formula is C18H21ClN4O2. The molecule has 3 rings (SSSR count). The lowest BCUT2D eigenvalue weighted by atomic mass is 9.90. The van der Waals surface area contributed by atoms with Crippen LogP contribution >= 0.6 is 11.6 Å². The van der Waals surface area contributed by atoms with E-state index < -0.39 is 0 Å². The minimum atomic E-state index is -0.116. The first-order valence-electron chi connectivity index (χ1n) is 8.33. The number of amides is 1. The van der Waals surface area contributed by atoms with Crippen molar-refractivity contribution in [3.63, 3.8) is 0 Å². The molecule has 0 aliphatic carbocycles. The van der Waals surface area contributed by atoms with Crippen molar-refractivity contribution in [2.75, 3.05) is 25.0 Å². The third-order valence-corrected chi connectivity index (χ3v) is 4.57. The van der Waals surface area contributed by atoms with Crippen molar-refractivity contribution in [1.82, 2.24) is 14.7 Å². The van der Waals surface area contributed by atoms with Crippen LogP contribution in [-0.2, 0) is 11.8 Å². The number of carbonyl (C=O) groups is 2. The number of hydrogen-bond donors (Lipinski definition) is 1. The zero-order valence-corrected chi connectivity index (χ0v) is 14.9. The highest BCUT2D eigenvalue weighted by Crippen LogP contribution is 2.22. The number of anilines is 1. The van der Waals surface area contributed by atoms with Crippen LogP contribution in [0.15, 0.2) is 36.5 Å². The third-order valence-electron chi connectivity index (χ3n) is 4.33. The van der Waals surface area contributed by atoms with E-state index in [-0.39, 0.29) is 24.2 Å². The minimum Gasteiger partial charge on any atom is -0.308 e. The summed E-state index contributed by atoms with van der Waals surface area (Å²) in [5.41, 5.74) is 0.636. The Bertz CT molecular complexity index is 774. The first-order valence-corrected chi connectivity index (χ1v) is 8.70. The van der Waals surface area contributed by atoms with E-state index in [2.05, 4.69) is 10.4 Å². The maximum absolute atomic E-state index is 12.7. The van der Waals surface area contributed by atoms with E-state index in [1.54, 1.807) is 48.3 Å². The maximum atomic E-state index is 12.7. The van der Waals surface area contributed by atoms with Gasteiger partial charge in [-0.3, -0.25) is 19.2 Å². The van der Waals surface area contributed by atoms with Gasteiger partial charge in [0.2, 0.25) is 5.91 Å². The Morgan fingerprint density at radius 1 is 1.36 bits per heavy atom. The standard InChI is InChI=1S/C18H21ClN4O2/c1-22-9-7-16(21-22)20-17(24)12-23-8-3-5-14(11-23)18(25)13-4-2-6-15(19)10-13/h2,4,6-7,9-10,14H,3,5,8,11-12H2,1H3,(H,20,21,24)/t14-/m0/s1. The number of rotatable bonds is 5. The molecule has 1 aliphatic rings. The topological polar surface area (TPSA) is 67.2 Å². The van der Waals surface area contributed by atoms with Gasteiger partial charge in [-0.15, -0.1) is 0 Å². The zero-order chi connectivity index (χ0) is 17.8. The number of likely N-dealkylation sites (tertiary alicyclic amines) is 1. The normalized spacial score (nSPS) is 18.1. The largest absolute Gasteiger partial charge is 0.308 e. The van der Waals surface area contributed by atoms with E-state index in [1.165, 1.54) is 0 Å². The van der Waals surface area contributed by atoms with Crippen LogP contribution in [0.2, 0.25) is 5.02 Å². The number of halogens is 1. The lowest BCUT2D eigenvalue weighted by molar-refractivity contribution is -0.117. The van der Waals surface area contributed by atoms with Crippen molar-refractivity contribution in [2.24, 2.45) is 13.0 Å². The van der Waals surface area contributed by atoms with E-state index in [0.29, 0.717) is 22.9 Å². The molecular weight excluding hydrogens is 340 g/mol. The fourth-order valence-electron chi connectivity index (χ4n) is 3.16. The molecule has 0 radical (unpaired) electrons. The van der Waals surface area contributed by atoms with Gasteiger partial charge in [0, 0.05) is 42.4 Å². The summed E-state index contributed by atoms with van der Waals surface area (Å²) in [6.07, 6.45) is 3.51. The third kappa shape index (κ3) is 4.67. The monoisotopic (exact) mass is 360 g/mol. The first-order chi connectivity index (χ1) is 12.0. The summed E-state index contributed by atoms with van der Waals surface area (Å²) in [6, 6.07) is 8.79. The van der Waals surface area contributed by atoms with E-state index in [1.807, 2.05) is 4.90 Å². The number of Topliss-reactive ketones (excluding diaryl/α,β-unsaturated/α-hetero) is 1. The molecule has 0 bridgehead atoms. The van der Waals surface area contributed by atoms with Crippen LogP contribution in [0.5, 0.6) is 0 Å². The zero-order valence-electron chi connectivity index (χ0n) is 14.1. The first kappa shape index (κ1) is 17.6. The fraction of sp³-hybridized carbons (Fsp3) is 0.389. The number of ketones is 1. The van der Waals surface area contributed by atoms with Crippen LogP contribution in [0, 0.1) is 5.92 Å². The van der Waals surface area contributed by atoms with Gasteiger partial charge >= 0.3 is 0 Å². The Morgan fingerprint density at radius 2 is 2.20 bits per heavy atom. The van der Waals surface area contributed by atoms with Gasteiger partial charge in [0.15, 0.2) is 11.6 Å². The molecule has 1 atom stereocenters. The molecule has 1 aliphatic heterocycles. The molecule has 0 unspecified atom stereocenters. The van der Waals surface area contributed by atoms with Crippen LogP contribution in [0.25, 0.3) is 0 Å². The summed E-state index contributed by atoms with van der Waals surface area (Å²) >= 11 is 5.98. The van der Waals surface area contributed by atoms with E-state index in [0.717, 1.165) is 19.4 Å². The lowest BCUT2D eigenvalue weighted by Crippen LogP contribution is -2.42. The smallest absolute Gasteiger partial charge is 0.239 e. The number of hydrogen-bond acceptors (Lipinski definition) is 4. The molecule has 132 valence electrons. The van der Waals surface area contributed by atoms with Crippen molar-refractivity contribution >= 4 is 29.1 Å². The molecule has 1 aromatic heterocycles. The second kappa shape index (κ2) is 7.80. The number of nitrogens with zero attached hydrogens (tertiary/aromatic N) is 3. The summed E-state index contributed by atoms with van der Waals surface area (Å²) in [4.78, 5) is 26.9. The average molecular weight is 361 g/mol. The van der Waals surface area contributed by atoms with E-state index >= 15 is 0 Å². The molecule has 0 saturated carbocycles.